The number of rotatable bonds is 4. The second-order valence-corrected chi connectivity index (χ2v) is 7.87. The molecule has 32 heavy (non-hydrogen) atoms. The van der Waals surface area contributed by atoms with Gasteiger partial charge in [0.2, 0.25) is 0 Å². The molecule has 0 aliphatic heterocycles. The average Bonchev–Trinajstić information content (AvgIpc) is 3.26. The molecule has 2 aromatic carbocycles. The molecule has 3 heterocycles. The van der Waals surface area contributed by atoms with E-state index in [-0.39, 0.29) is 11.6 Å². The highest BCUT2D eigenvalue weighted by molar-refractivity contribution is 5.86. The number of fused-ring (bicyclic) bond motifs is 2. The first-order valence-corrected chi connectivity index (χ1v) is 10.3. The molecular formula is C24H21FN6O. The minimum absolute atomic E-state index is 0.261. The van der Waals surface area contributed by atoms with Crippen LogP contribution in [0.4, 0.5) is 10.2 Å². The first-order valence-electron chi connectivity index (χ1n) is 10.3. The Kier molecular flexibility index (Phi) is 4.70. The highest BCUT2D eigenvalue weighted by atomic mass is 19.1. The third kappa shape index (κ3) is 3.20. The van der Waals surface area contributed by atoms with Gasteiger partial charge in [-0.3, -0.25) is 9.36 Å². The van der Waals surface area contributed by atoms with Crippen LogP contribution in [0.15, 0.2) is 59.9 Å². The van der Waals surface area contributed by atoms with Crippen molar-refractivity contribution in [1.29, 1.82) is 0 Å². The van der Waals surface area contributed by atoms with E-state index >= 15 is 0 Å². The number of pyridine rings is 1. The van der Waals surface area contributed by atoms with Gasteiger partial charge in [0, 0.05) is 11.4 Å². The van der Waals surface area contributed by atoms with Crippen molar-refractivity contribution in [1.82, 2.24) is 24.5 Å². The normalized spacial score (nSPS) is 12.4. The van der Waals surface area contributed by atoms with Crippen LogP contribution < -0.4 is 10.9 Å². The van der Waals surface area contributed by atoms with Gasteiger partial charge in [0.25, 0.3) is 5.56 Å². The number of nitrogens with one attached hydrogen (secondary N) is 2. The molecule has 0 aliphatic rings. The van der Waals surface area contributed by atoms with E-state index in [1.165, 1.54) is 12.4 Å². The fourth-order valence-electron chi connectivity index (χ4n) is 4.07. The van der Waals surface area contributed by atoms with Gasteiger partial charge in [0.1, 0.15) is 17.7 Å². The Morgan fingerprint density at radius 3 is 2.75 bits per heavy atom. The maximum absolute atomic E-state index is 14.3. The Morgan fingerprint density at radius 1 is 1.09 bits per heavy atom. The van der Waals surface area contributed by atoms with E-state index in [1.54, 1.807) is 23.9 Å². The molecule has 5 rings (SSSR count). The summed E-state index contributed by atoms with van der Waals surface area (Å²) in [5.74, 6) is 0.186. The summed E-state index contributed by atoms with van der Waals surface area (Å²) in [5.41, 5.74) is 3.79. The summed E-state index contributed by atoms with van der Waals surface area (Å²) in [4.78, 5) is 29.4. The SMILES string of the molecule is Cc1cccc(-n2c(C(C)Nc3ncnc4nc[nH]c34)cc3ccc(F)c(C)c3c2=O)c1. The Hall–Kier alpha value is -4.07. The Morgan fingerprint density at radius 2 is 1.94 bits per heavy atom. The zero-order chi connectivity index (χ0) is 22.4. The molecular weight excluding hydrogens is 407 g/mol. The lowest BCUT2D eigenvalue weighted by Crippen LogP contribution is -2.26. The van der Waals surface area contributed by atoms with Crippen LogP contribution >= 0.6 is 0 Å². The van der Waals surface area contributed by atoms with Gasteiger partial charge in [-0.1, -0.05) is 18.2 Å². The lowest BCUT2D eigenvalue weighted by Gasteiger charge is -2.22. The molecule has 0 saturated carbocycles. The second-order valence-electron chi connectivity index (χ2n) is 7.87. The van der Waals surface area contributed by atoms with Gasteiger partial charge in [0.05, 0.1) is 17.8 Å². The number of benzene rings is 2. The van der Waals surface area contributed by atoms with Crippen molar-refractivity contribution >= 4 is 27.8 Å². The zero-order valence-electron chi connectivity index (χ0n) is 17.8. The molecule has 0 radical (unpaired) electrons. The number of nitrogens with zero attached hydrogens (tertiary/aromatic N) is 4. The van der Waals surface area contributed by atoms with Crippen molar-refractivity contribution in [3.63, 3.8) is 0 Å². The van der Waals surface area contributed by atoms with Crippen LogP contribution in [-0.4, -0.2) is 24.5 Å². The van der Waals surface area contributed by atoms with E-state index < -0.39 is 5.82 Å². The monoisotopic (exact) mass is 428 g/mol. The van der Waals surface area contributed by atoms with Gasteiger partial charge in [-0.25, -0.2) is 19.3 Å². The van der Waals surface area contributed by atoms with Crippen LogP contribution in [0.5, 0.6) is 0 Å². The molecule has 0 spiro atoms. The predicted octanol–water partition coefficient (Wildman–Crippen LogP) is 4.59. The van der Waals surface area contributed by atoms with Gasteiger partial charge >= 0.3 is 0 Å². The minimum atomic E-state index is -0.396. The van der Waals surface area contributed by atoms with Crippen LogP contribution in [0.2, 0.25) is 0 Å². The average molecular weight is 428 g/mol. The smallest absolute Gasteiger partial charge is 0.263 e. The van der Waals surface area contributed by atoms with Crippen molar-refractivity contribution in [2.45, 2.75) is 26.8 Å². The largest absolute Gasteiger partial charge is 0.360 e. The summed E-state index contributed by atoms with van der Waals surface area (Å²) in [6, 6.07) is 12.4. The Labute approximate surface area is 183 Å². The molecule has 2 N–H and O–H groups in total. The number of aromatic amines is 1. The van der Waals surface area contributed by atoms with E-state index in [0.29, 0.717) is 33.3 Å². The first-order chi connectivity index (χ1) is 15.4. The summed E-state index contributed by atoms with van der Waals surface area (Å²) in [7, 11) is 0. The molecule has 7 nitrogen and oxygen atoms in total. The quantitative estimate of drug-likeness (QED) is 0.437. The van der Waals surface area contributed by atoms with Crippen LogP contribution in [0.3, 0.4) is 0 Å². The number of aromatic nitrogens is 5. The van der Waals surface area contributed by atoms with Crippen molar-refractivity contribution < 1.29 is 4.39 Å². The van der Waals surface area contributed by atoms with E-state index in [0.717, 1.165) is 16.9 Å². The summed E-state index contributed by atoms with van der Waals surface area (Å²) in [5, 5.41) is 4.44. The van der Waals surface area contributed by atoms with Crippen LogP contribution in [0.25, 0.3) is 27.6 Å². The topological polar surface area (TPSA) is 88.5 Å². The van der Waals surface area contributed by atoms with Crippen LogP contribution in [0.1, 0.15) is 29.8 Å². The van der Waals surface area contributed by atoms with Gasteiger partial charge in [-0.15, -0.1) is 0 Å². The minimum Gasteiger partial charge on any atom is -0.360 e. The van der Waals surface area contributed by atoms with Gasteiger partial charge in [-0.2, -0.15) is 0 Å². The fourth-order valence-corrected chi connectivity index (χ4v) is 4.07. The van der Waals surface area contributed by atoms with E-state index in [9.17, 15) is 9.18 Å². The summed E-state index contributed by atoms with van der Waals surface area (Å²) < 4.78 is 16.0. The van der Waals surface area contributed by atoms with Gasteiger partial charge in [0.15, 0.2) is 11.5 Å². The summed E-state index contributed by atoms with van der Waals surface area (Å²) in [6.07, 6.45) is 3.00. The van der Waals surface area contributed by atoms with Crippen LogP contribution in [-0.2, 0) is 0 Å². The van der Waals surface area contributed by atoms with Crippen molar-refractivity contribution in [2.24, 2.45) is 0 Å². The lowest BCUT2D eigenvalue weighted by atomic mass is 10.0. The third-order valence-corrected chi connectivity index (χ3v) is 5.69. The molecule has 3 aromatic heterocycles. The standard InChI is InChI=1S/C24H21FN6O/c1-13-5-4-6-17(9-13)31-19(10-16-7-8-18(25)14(2)20(16)24(31)32)15(3)30-23-21-22(27-11-26-21)28-12-29-23/h4-12,15H,1-3H3,(H2,26,27,28,29,30). The predicted molar refractivity (Wildman–Crippen MR) is 123 cm³/mol. The number of imidazole rings is 1. The van der Waals surface area contributed by atoms with Crippen molar-refractivity contribution in [3.8, 4) is 5.69 Å². The number of anilines is 1. The highest BCUT2D eigenvalue weighted by Gasteiger charge is 2.20. The van der Waals surface area contributed by atoms with E-state index in [1.807, 2.05) is 44.2 Å². The van der Waals surface area contributed by atoms with Gasteiger partial charge in [-0.05, 0) is 61.5 Å². The molecule has 8 heteroatoms. The number of hydrogen-bond donors (Lipinski definition) is 2. The van der Waals surface area contributed by atoms with Crippen molar-refractivity contribution in [2.75, 3.05) is 5.32 Å². The Balaban J connectivity index is 1.74. The zero-order valence-corrected chi connectivity index (χ0v) is 17.8. The number of H-pyrrole nitrogens is 1. The molecule has 0 saturated heterocycles. The third-order valence-electron chi connectivity index (χ3n) is 5.69. The number of hydrogen-bond acceptors (Lipinski definition) is 5. The van der Waals surface area contributed by atoms with Crippen molar-refractivity contribution in [3.05, 3.63) is 88.1 Å². The van der Waals surface area contributed by atoms with Gasteiger partial charge < -0.3 is 10.3 Å². The maximum atomic E-state index is 14.3. The summed E-state index contributed by atoms with van der Waals surface area (Å²) >= 11 is 0. The van der Waals surface area contributed by atoms with E-state index in [4.69, 9.17) is 0 Å². The molecule has 0 bridgehead atoms. The number of aryl methyl sites for hydroxylation is 2. The fraction of sp³-hybridized carbons (Fsp3) is 0.167. The van der Waals surface area contributed by atoms with Crippen LogP contribution in [0, 0.1) is 19.7 Å². The molecule has 1 unspecified atom stereocenters. The second kappa shape index (κ2) is 7.56. The highest BCUT2D eigenvalue weighted by Crippen LogP contribution is 2.27. The maximum Gasteiger partial charge on any atom is 0.263 e. The first kappa shape index (κ1) is 19.9. The number of halogens is 1. The van der Waals surface area contributed by atoms with E-state index in [2.05, 4.69) is 25.3 Å². The molecule has 160 valence electrons. The summed E-state index contributed by atoms with van der Waals surface area (Å²) in [6.45, 7) is 5.56. The molecule has 0 fully saturated rings. The molecule has 0 aliphatic carbocycles. The lowest BCUT2D eigenvalue weighted by molar-refractivity contribution is 0.620. The Bertz CT molecular complexity index is 1540. The molecule has 1 atom stereocenters. The molecule has 5 aromatic rings. The molecule has 0 amide bonds.